The highest BCUT2D eigenvalue weighted by molar-refractivity contribution is 6.39. The lowest BCUT2D eigenvalue weighted by Crippen LogP contribution is -2.34. The standard InChI is InChI=1S/C16H13ClN4O3/c1-24-14-6-10(4-5-19-14)9-20-15(22)16(23)21-12-3-2-11(8-18)13(17)7-12/h2-7H,9H2,1H3,(H,20,22)(H,21,23). The number of hydrogen-bond donors (Lipinski definition) is 2. The number of anilines is 1. The average Bonchev–Trinajstić information content (AvgIpc) is 2.60. The van der Waals surface area contributed by atoms with Crippen LogP contribution in [0.2, 0.25) is 5.02 Å². The minimum absolute atomic E-state index is 0.152. The lowest BCUT2D eigenvalue weighted by molar-refractivity contribution is -0.136. The summed E-state index contributed by atoms with van der Waals surface area (Å²) in [5.41, 5.74) is 1.35. The summed E-state index contributed by atoms with van der Waals surface area (Å²) in [5.74, 6) is -1.22. The highest BCUT2D eigenvalue weighted by atomic mass is 35.5. The number of aromatic nitrogens is 1. The van der Waals surface area contributed by atoms with Gasteiger partial charge in [0.05, 0.1) is 17.7 Å². The molecule has 0 aliphatic heterocycles. The van der Waals surface area contributed by atoms with E-state index in [-0.39, 0.29) is 17.1 Å². The summed E-state index contributed by atoms with van der Waals surface area (Å²) in [6.07, 6.45) is 1.54. The van der Waals surface area contributed by atoms with Gasteiger partial charge in [0.2, 0.25) is 5.88 Å². The van der Waals surface area contributed by atoms with E-state index in [0.29, 0.717) is 11.6 Å². The highest BCUT2D eigenvalue weighted by Gasteiger charge is 2.14. The number of hydrogen-bond acceptors (Lipinski definition) is 5. The van der Waals surface area contributed by atoms with Crippen LogP contribution in [0.3, 0.4) is 0 Å². The fourth-order valence-electron chi connectivity index (χ4n) is 1.81. The van der Waals surface area contributed by atoms with Crippen LogP contribution in [0, 0.1) is 11.3 Å². The number of ether oxygens (including phenoxy) is 1. The number of amides is 2. The van der Waals surface area contributed by atoms with Crippen LogP contribution in [0.25, 0.3) is 0 Å². The van der Waals surface area contributed by atoms with Crippen LogP contribution >= 0.6 is 11.6 Å². The SMILES string of the molecule is COc1cc(CNC(=O)C(=O)Nc2ccc(C#N)c(Cl)c2)ccn1. The highest BCUT2D eigenvalue weighted by Crippen LogP contribution is 2.20. The van der Waals surface area contributed by atoms with E-state index in [1.165, 1.54) is 25.3 Å². The molecular formula is C16H13ClN4O3. The van der Waals surface area contributed by atoms with Gasteiger partial charge in [-0.05, 0) is 29.8 Å². The van der Waals surface area contributed by atoms with Crippen molar-refractivity contribution in [1.82, 2.24) is 10.3 Å². The van der Waals surface area contributed by atoms with E-state index < -0.39 is 11.8 Å². The molecule has 0 aliphatic rings. The fourth-order valence-corrected chi connectivity index (χ4v) is 2.03. The molecule has 122 valence electrons. The van der Waals surface area contributed by atoms with Crippen LogP contribution in [0.1, 0.15) is 11.1 Å². The molecule has 2 aromatic rings. The van der Waals surface area contributed by atoms with Gasteiger partial charge in [-0.15, -0.1) is 0 Å². The first-order valence-electron chi connectivity index (χ1n) is 6.81. The van der Waals surface area contributed by atoms with E-state index in [2.05, 4.69) is 15.6 Å². The Balaban J connectivity index is 1.93. The lowest BCUT2D eigenvalue weighted by atomic mass is 10.2. The zero-order chi connectivity index (χ0) is 17.5. The Hall–Kier alpha value is -3.11. The second kappa shape index (κ2) is 7.94. The third-order valence-electron chi connectivity index (χ3n) is 3.02. The monoisotopic (exact) mass is 344 g/mol. The number of nitriles is 1. The number of carbonyl (C=O) groups excluding carboxylic acids is 2. The van der Waals surface area contributed by atoms with Crippen LogP contribution in [0.4, 0.5) is 5.69 Å². The van der Waals surface area contributed by atoms with Crippen LogP contribution in [-0.2, 0) is 16.1 Å². The minimum atomic E-state index is -0.836. The van der Waals surface area contributed by atoms with Crippen LogP contribution < -0.4 is 15.4 Å². The van der Waals surface area contributed by atoms with Gasteiger partial charge < -0.3 is 15.4 Å². The molecule has 0 spiro atoms. The molecule has 1 aromatic carbocycles. The Morgan fingerprint density at radius 3 is 2.75 bits per heavy atom. The Morgan fingerprint density at radius 1 is 1.29 bits per heavy atom. The quantitative estimate of drug-likeness (QED) is 0.824. The predicted octanol–water partition coefficient (Wildman–Crippen LogP) is 1.87. The fraction of sp³-hybridized carbons (Fsp3) is 0.125. The Kier molecular flexibility index (Phi) is 5.71. The zero-order valence-corrected chi connectivity index (χ0v) is 13.4. The van der Waals surface area contributed by atoms with Crippen LogP contribution in [-0.4, -0.2) is 23.9 Å². The summed E-state index contributed by atoms with van der Waals surface area (Å²) in [6, 6.07) is 9.60. The molecule has 0 aliphatic carbocycles. The number of carbonyl (C=O) groups is 2. The first-order valence-corrected chi connectivity index (χ1v) is 7.19. The average molecular weight is 345 g/mol. The molecule has 1 aromatic heterocycles. The van der Waals surface area contributed by atoms with Crippen molar-refractivity contribution >= 4 is 29.1 Å². The van der Waals surface area contributed by atoms with E-state index in [0.717, 1.165) is 5.56 Å². The molecule has 2 N–H and O–H groups in total. The number of pyridine rings is 1. The summed E-state index contributed by atoms with van der Waals surface area (Å²) in [4.78, 5) is 27.6. The maximum absolute atomic E-state index is 11.9. The van der Waals surface area contributed by atoms with Crippen molar-refractivity contribution < 1.29 is 14.3 Å². The summed E-state index contributed by atoms with van der Waals surface area (Å²) < 4.78 is 4.98. The van der Waals surface area contributed by atoms with Crippen LogP contribution in [0.15, 0.2) is 36.5 Å². The van der Waals surface area contributed by atoms with Gasteiger partial charge in [-0.1, -0.05) is 11.6 Å². The van der Waals surface area contributed by atoms with Gasteiger partial charge in [-0.3, -0.25) is 9.59 Å². The first kappa shape index (κ1) is 17.2. The van der Waals surface area contributed by atoms with E-state index in [9.17, 15) is 9.59 Å². The largest absolute Gasteiger partial charge is 0.481 e. The molecule has 0 radical (unpaired) electrons. The third kappa shape index (κ3) is 4.44. The van der Waals surface area contributed by atoms with E-state index >= 15 is 0 Å². The molecule has 0 unspecified atom stereocenters. The number of rotatable bonds is 4. The molecule has 0 saturated heterocycles. The Bertz CT molecular complexity index is 817. The van der Waals surface area contributed by atoms with Crippen molar-refractivity contribution in [3.63, 3.8) is 0 Å². The number of nitrogens with one attached hydrogen (secondary N) is 2. The van der Waals surface area contributed by atoms with Gasteiger partial charge in [0.25, 0.3) is 0 Å². The van der Waals surface area contributed by atoms with Crippen LogP contribution in [0.5, 0.6) is 5.88 Å². The number of methoxy groups -OCH3 is 1. The number of benzene rings is 1. The van der Waals surface area contributed by atoms with E-state index in [1.54, 1.807) is 18.3 Å². The molecule has 8 heteroatoms. The summed E-state index contributed by atoms with van der Waals surface area (Å²) in [5, 5.41) is 13.9. The summed E-state index contributed by atoms with van der Waals surface area (Å²) >= 11 is 5.87. The van der Waals surface area contributed by atoms with E-state index in [1.807, 2.05) is 6.07 Å². The molecule has 0 bridgehead atoms. The topological polar surface area (TPSA) is 104 Å². The van der Waals surface area contributed by atoms with Crippen molar-refractivity contribution in [2.24, 2.45) is 0 Å². The molecule has 0 fully saturated rings. The molecule has 2 rings (SSSR count). The van der Waals surface area contributed by atoms with E-state index in [4.69, 9.17) is 21.6 Å². The molecule has 0 saturated carbocycles. The van der Waals surface area contributed by atoms with Crippen molar-refractivity contribution in [2.45, 2.75) is 6.54 Å². The maximum Gasteiger partial charge on any atom is 0.313 e. The second-order valence-electron chi connectivity index (χ2n) is 4.65. The first-order chi connectivity index (χ1) is 11.5. The normalized spacial score (nSPS) is 9.71. The summed E-state index contributed by atoms with van der Waals surface area (Å²) in [7, 11) is 1.49. The number of nitrogens with zero attached hydrogens (tertiary/aromatic N) is 2. The minimum Gasteiger partial charge on any atom is -0.481 e. The van der Waals surface area contributed by atoms with Gasteiger partial charge in [0.1, 0.15) is 6.07 Å². The van der Waals surface area contributed by atoms with Crippen molar-refractivity contribution in [3.8, 4) is 11.9 Å². The Labute approximate surface area is 143 Å². The second-order valence-corrected chi connectivity index (χ2v) is 5.06. The van der Waals surface area contributed by atoms with Gasteiger partial charge in [-0.2, -0.15) is 5.26 Å². The predicted molar refractivity (Wildman–Crippen MR) is 87.4 cm³/mol. The molecule has 0 atom stereocenters. The number of halogens is 1. The summed E-state index contributed by atoms with van der Waals surface area (Å²) in [6.45, 7) is 0.152. The smallest absolute Gasteiger partial charge is 0.313 e. The zero-order valence-electron chi connectivity index (χ0n) is 12.7. The van der Waals surface area contributed by atoms with Gasteiger partial charge >= 0.3 is 11.8 Å². The van der Waals surface area contributed by atoms with Crippen molar-refractivity contribution in [2.75, 3.05) is 12.4 Å². The molecule has 1 heterocycles. The Morgan fingerprint density at radius 2 is 2.08 bits per heavy atom. The van der Waals surface area contributed by atoms with Gasteiger partial charge in [0, 0.05) is 24.5 Å². The molecule has 7 nitrogen and oxygen atoms in total. The van der Waals surface area contributed by atoms with Crippen molar-refractivity contribution in [1.29, 1.82) is 5.26 Å². The van der Waals surface area contributed by atoms with Gasteiger partial charge in [0.15, 0.2) is 0 Å². The third-order valence-corrected chi connectivity index (χ3v) is 3.33. The van der Waals surface area contributed by atoms with Crippen molar-refractivity contribution in [3.05, 3.63) is 52.7 Å². The molecule has 2 amide bonds. The molecular weight excluding hydrogens is 332 g/mol. The molecule has 24 heavy (non-hydrogen) atoms. The van der Waals surface area contributed by atoms with Gasteiger partial charge in [-0.25, -0.2) is 4.98 Å². The maximum atomic E-state index is 11.9. The lowest BCUT2D eigenvalue weighted by Gasteiger charge is -2.08.